The Morgan fingerprint density at radius 1 is 0.943 bits per heavy atom. The molecule has 0 aliphatic rings. The molecule has 0 spiro atoms. The zero-order valence-corrected chi connectivity index (χ0v) is 20.1. The van der Waals surface area contributed by atoms with Crippen molar-refractivity contribution >= 4 is 17.3 Å². The van der Waals surface area contributed by atoms with Crippen LogP contribution in [0.2, 0.25) is 5.02 Å². The van der Waals surface area contributed by atoms with E-state index in [0.29, 0.717) is 35.8 Å². The number of benzene rings is 3. The summed E-state index contributed by atoms with van der Waals surface area (Å²) in [6.07, 6.45) is 1.13. The molecule has 4 aromatic rings. The Labute approximate surface area is 208 Å². The quantitative estimate of drug-likeness (QED) is 0.330. The van der Waals surface area contributed by atoms with Gasteiger partial charge in [0.05, 0.1) is 11.4 Å². The van der Waals surface area contributed by atoms with Gasteiger partial charge in [-0.2, -0.15) is 0 Å². The lowest BCUT2D eigenvalue weighted by Gasteiger charge is -2.18. The van der Waals surface area contributed by atoms with Crippen LogP contribution in [0, 0.1) is 0 Å². The summed E-state index contributed by atoms with van der Waals surface area (Å²) < 4.78 is 1.05. The number of aromatic amines is 1. The van der Waals surface area contributed by atoms with Crippen LogP contribution in [0.25, 0.3) is 5.69 Å². The van der Waals surface area contributed by atoms with Crippen LogP contribution < -0.4 is 11.2 Å². The maximum atomic E-state index is 12.7. The molecule has 0 amide bonds. The summed E-state index contributed by atoms with van der Waals surface area (Å²) in [6, 6.07) is 26.8. The van der Waals surface area contributed by atoms with E-state index in [1.807, 2.05) is 43.3 Å². The molecule has 0 saturated heterocycles. The topological polar surface area (TPSA) is 87.4 Å². The van der Waals surface area contributed by atoms with E-state index in [9.17, 15) is 14.7 Å². The van der Waals surface area contributed by atoms with Gasteiger partial charge in [-0.25, -0.2) is 9.36 Å². The summed E-state index contributed by atoms with van der Waals surface area (Å²) >= 11 is 5.95. The normalized spacial score (nSPS) is 11.7. The van der Waals surface area contributed by atoms with Crippen LogP contribution in [0.15, 0.2) is 99.5 Å². The fourth-order valence-corrected chi connectivity index (χ4v) is 4.33. The molecule has 0 aliphatic heterocycles. The van der Waals surface area contributed by atoms with Gasteiger partial charge in [-0.1, -0.05) is 79.2 Å². The lowest BCUT2D eigenvalue weighted by molar-refractivity contribution is 0.429. The van der Waals surface area contributed by atoms with Crippen LogP contribution in [0.4, 0.5) is 0 Å². The van der Waals surface area contributed by atoms with Gasteiger partial charge in [-0.15, -0.1) is 0 Å². The van der Waals surface area contributed by atoms with Crippen molar-refractivity contribution in [2.45, 2.75) is 25.7 Å². The van der Waals surface area contributed by atoms with Gasteiger partial charge in [0.1, 0.15) is 5.56 Å². The minimum Gasteiger partial charge on any atom is -0.493 e. The number of aromatic hydroxyl groups is 1. The number of rotatable bonds is 8. The third-order valence-electron chi connectivity index (χ3n) is 5.92. The highest BCUT2D eigenvalue weighted by Crippen LogP contribution is 2.28. The number of nitrogens with one attached hydrogen (secondary N) is 1. The second-order valence-electron chi connectivity index (χ2n) is 8.11. The third-order valence-corrected chi connectivity index (χ3v) is 6.17. The maximum absolute atomic E-state index is 12.7. The van der Waals surface area contributed by atoms with E-state index < -0.39 is 17.1 Å². The van der Waals surface area contributed by atoms with Crippen LogP contribution in [0.1, 0.15) is 42.4 Å². The van der Waals surface area contributed by atoms with Crippen LogP contribution in [0.3, 0.4) is 0 Å². The molecule has 0 saturated carbocycles. The molecular weight excluding hydrogens is 462 g/mol. The van der Waals surface area contributed by atoms with Crippen molar-refractivity contribution in [3.05, 3.63) is 127 Å². The minimum atomic E-state index is -0.734. The van der Waals surface area contributed by atoms with Gasteiger partial charge in [0.15, 0.2) is 0 Å². The number of H-pyrrole nitrogens is 1. The Morgan fingerprint density at radius 3 is 2.06 bits per heavy atom. The summed E-state index contributed by atoms with van der Waals surface area (Å²) in [5.74, 6) is -0.307. The van der Waals surface area contributed by atoms with E-state index in [0.717, 1.165) is 4.57 Å². The van der Waals surface area contributed by atoms with Gasteiger partial charge in [-0.3, -0.25) is 14.8 Å². The van der Waals surface area contributed by atoms with E-state index >= 15 is 0 Å². The Balaban J connectivity index is 1.68. The number of aliphatic imine (C=N–C) groups is 1. The van der Waals surface area contributed by atoms with Crippen LogP contribution in [-0.4, -0.2) is 26.9 Å². The van der Waals surface area contributed by atoms with E-state index in [2.05, 4.69) is 29.2 Å². The largest absolute Gasteiger partial charge is 0.493 e. The first-order chi connectivity index (χ1) is 17.0. The van der Waals surface area contributed by atoms with Crippen molar-refractivity contribution in [1.29, 1.82) is 0 Å². The SMILES string of the molecule is CCC(=NCCC(c1ccccc1)c1ccccc1)c1c(O)n(-c2ccc(Cl)cc2)c(=O)[nH]c1=O. The molecule has 35 heavy (non-hydrogen) atoms. The Kier molecular flexibility index (Phi) is 7.63. The van der Waals surface area contributed by atoms with Crippen LogP contribution in [0.5, 0.6) is 5.88 Å². The highest BCUT2D eigenvalue weighted by molar-refractivity contribution is 6.30. The first-order valence-electron chi connectivity index (χ1n) is 11.5. The van der Waals surface area contributed by atoms with Gasteiger partial charge >= 0.3 is 5.69 Å². The van der Waals surface area contributed by atoms with Crippen molar-refractivity contribution in [2.75, 3.05) is 6.54 Å². The van der Waals surface area contributed by atoms with Gasteiger partial charge < -0.3 is 5.11 Å². The molecule has 4 rings (SSSR count). The monoisotopic (exact) mass is 487 g/mol. The molecule has 0 fully saturated rings. The van der Waals surface area contributed by atoms with Crippen molar-refractivity contribution in [3.63, 3.8) is 0 Å². The Morgan fingerprint density at radius 2 is 1.51 bits per heavy atom. The third kappa shape index (κ3) is 5.44. The summed E-state index contributed by atoms with van der Waals surface area (Å²) in [4.78, 5) is 32.2. The Hall–Kier alpha value is -3.90. The predicted octanol–water partition coefficient (Wildman–Crippen LogP) is 5.31. The number of nitrogens with zero attached hydrogens (tertiary/aromatic N) is 2. The maximum Gasteiger partial charge on any atom is 0.335 e. The van der Waals surface area contributed by atoms with Crippen molar-refractivity contribution < 1.29 is 5.11 Å². The molecule has 2 N–H and O–H groups in total. The smallest absolute Gasteiger partial charge is 0.335 e. The molecule has 1 heterocycles. The molecule has 6 nitrogen and oxygen atoms in total. The van der Waals surface area contributed by atoms with E-state index in [1.54, 1.807) is 24.3 Å². The molecule has 7 heteroatoms. The number of hydrogen-bond acceptors (Lipinski definition) is 4. The van der Waals surface area contributed by atoms with Crippen molar-refractivity contribution in [2.24, 2.45) is 4.99 Å². The highest BCUT2D eigenvalue weighted by Gasteiger charge is 2.20. The van der Waals surface area contributed by atoms with E-state index in [1.165, 1.54) is 11.1 Å². The molecule has 178 valence electrons. The van der Waals surface area contributed by atoms with Crippen LogP contribution in [-0.2, 0) is 0 Å². The fourth-order valence-electron chi connectivity index (χ4n) is 4.21. The van der Waals surface area contributed by atoms with Crippen molar-refractivity contribution in [1.82, 2.24) is 9.55 Å². The van der Waals surface area contributed by atoms with Gasteiger partial charge in [0, 0.05) is 17.5 Å². The standard InChI is InChI=1S/C28H26ClN3O3/c1-2-24(25-26(33)31-28(35)32(27(25)34)22-15-13-21(29)14-16-22)30-18-17-23(19-9-5-3-6-10-19)20-11-7-4-8-12-20/h3-16,23,34H,2,17-18H2,1H3,(H,31,33,35). The average molecular weight is 488 g/mol. The number of hydrogen-bond donors (Lipinski definition) is 2. The number of aromatic nitrogens is 2. The second kappa shape index (κ2) is 11.0. The zero-order chi connectivity index (χ0) is 24.8. The lowest BCUT2D eigenvalue weighted by Crippen LogP contribution is -2.33. The van der Waals surface area contributed by atoms with Gasteiger partial charge in [0.2, 0.25) is 5.88 Å². The first kappa shape index (κ1) is 24.2. The first-order valence-corrected chi connectivity index (χ1v) is 11.8. The summed E-state index contributed by atoms with van der Waals surface area (Å²) in [5, 5.41) is 11.5. The summed E-state index contributed by atoms with van der Waals surface area (Å²) in [5.41, 5.74) is 1.79. The Bertz CT molecular complexity index is 1390. The highest BCUT2D eigenvalue weighted by atomic mass is 35.5. The molecular formula is C28H26ClN3O3. The van der Waals surface area contributed by atoms with Crippen molar-refractivity contribution in [3.8, 4) is 11.6 Å². The summed E-state index contributed by atoms with van der Waals surface area (Å²) in [7, 11) is 0. The average Bonchev–Trinajstić information content (AvgIpc) is 2.87. The van der Waals surface area contributed by atoms with E-state index in [4.69, 9.17) is 16.6 Å². The molecule has 0 bridgehead atoms. The van der Waals surface area contributed by atoms with E-state index in [-0.39, 0.29) is 11.5 Å². The lowest BCUT2D eigenvalue weighted by atomic mass is 9.88. The molecule has 0 radical (unpaired) electrons. The molecule has 0 aliphatic carbocycles. The molecule has 1 aromatic heterocycles. The fraction of sp³-hybridized carbons (Fsp3) is 0.179. The molecule has 3 aromatic carbocycles. The predicted molar refractivity (Wildman–Crippen MR) is 140 cm³/mol. The number of halogens is 1. The van der Waals surface area contributed by atoms with Crippen LogP contribution >= 0.6 is 11.6 Å². The molecule has 0 unspecified atom stereocenters. The zero-order valence-electron chi connectivity index (χ0n) is 19.3. The summed E-state index contributed by atoms with van der Waals surface area (Å²) in [6.45, 7) is 2.30. The van der Waals surface area contributed by atoms with Gasteiger partial charge in [-0.05, 0) is 48.2 Å². The van der Waals surface area contributed by atoms with Gasteiger partial charge in [0.25, 0.3) is 5.56 Å². The molecule has 0 atom stereocenters. The second-order valence-corrected chi connectivity index (χ2v) is 8.55. The minimum absolute atomic E-state index is 0.00183.